The molecular formula is C23H20N2O3S. The van der Waals surface area contributed by atoms with E-state index in [9.17, 15) is 14.4 Å². The van der Waals surface area contributed by atoms with Gasteiger partial charge in [-0.1, -0.05) is 66.2 Å². The van der Waals surface area contributed by atoms with Gasteiger partial charge in [0.2, 0.25) is 5.91 Å². The van der Waals surface area contributed by atoms with Crippen LogP contribution in [0.1, 0.15) is 31.8 Å². The number of aryl methyl sites for hydroxylation is 1. The van der Waals surface area contributed by atoms with E-state index in [1.807, 2.05) is 37.3 Å². The van der Waals surface area contributed by atoms with Crippen molar-refractivity contribution in [3.8, 4) is 0 Å². The lowest BCUT2D eigenvalue weighted by Crippen LogP contribution is -2.43. The highest BCUT2D eigenvalue weighted by molar-refractivity contribution is 8.00. The molecule has 0 aromatic heterocycles. The third kappa shape index (κ3) is 5.56. The normalized spacial score (nSPS) is 10.2. The third-order valence-corrected chi connectivity index (χ3v) is 5.17. The summed E-state index contributed by atoms with van der Waals surface area (Å²) in [5.74, 6) is -0.972. The summed E-state index contributed by atoms with van der Waals surface area (Å²) in [5, 5.41) is 0. The highest BCUT2D eigenvalue weighted by atomic mass is 32.2. The molecule has 0 bridgehead atoms. The van der Waals surface area contributed by atoms with E-state index in [0.717, 1.165) is 10.5 Å². The van der Waals surface area contributed by atoms with Crippen molar-refractivity contribution < 1.29 is 14.4 Å². The molecule has 0 heterocycles. The smallest absolute Gasteiger partial charge is 0.270 e. The van der Waals surface area contributed by atoms with E-state index >= 15 is 0 Å². The van der Waals surface area contributed by atoms with Gasteiger partial charge in [-0.3, -0.25) is 25.2 Å². The first-order valence-electron chi connectivity index (χ1n) is 9.02. The number of rotatable bonds is 6. The van der Waals surface area contributed by atoms with Gasteiger partial charge in [0.15, 0.2) is 5.78 Å². The average molecular weight is 404 g/mol. The van der Waals surface area contributed by atoms with Gasteiger partial charge in [0.1, 0.15) is 0 Å². The summed E-state index contributed by atoms with van der Waals surface area (Å²) in [4.78, 5) is 38.3. The van der Waals surface area contributed by atoms with Gasteiger partial charge in [0.05, 0.1) is 11.3 Å². The topological polar surface area (TPSA) is 75.3 Å². The van der Waals surface area contributed by atoms with Crippen LogP contribution in [0.5, 0.6) is 0 Å². The van der Waals surface area contributed by atoms with E-state index in [1.165, 1.54) is 11.8 Å². The van der Waals surface area contributed by atoms with Gasteiger partial charge in [-0.2, -0.15) is 0 Å². The molecule has 3 rings (SSSR count). The van der Waals surface area contributed by atoms with E-state index in [0.29, 0.717) is 5.56 Å². The van der Waals surface area contributed by atoms with Gasteiger partial charge >= 0.3 is 0 Å². The van der Waals surface area contributed by atoms with Crippen LogP contribution in [-0.2, 0) is 4.79 Å². The fourth-order valence-electron chi connectivity index (χ4n) is 2.64. The molecule has 0 aliphatic rings. The number of benzene rings is 3. The van der Waals surface area contributed by atoms with Gasteiger partial charge in [-0.15, -0.1) is 11.8 Å². The molecule has 0 atom stereocenters. The van der Waals surface area contributed by atoms with Crippen LogP contribution in [0, 0.1) is 6.92 Å². The van der Waals surface area contributed by atoms with Crippen molar-refractivity contribution in [2.75, 3.05) is 5.75 Å². The maximum absolute atomic E-state index is 12.7. The summed E-state index contributed by atoms with van der Waals surface area (Å²) in [6, 6.07) is 23.1. The van der Waals surface area contributed by atoms with Gasteiger partial charge < -0.3 is 0 Å². The molecule has 29 heavy (non-hydrogen) atoms. The first kappa shape index (κ1) is 20.4. The van der Waals surface area contributed by atoms with Crippen molar-refractivity contribution in [2.45, 2.75) is 11.8 Å². The fourth-order valence-corrected chi connectivity index (χ4v) is 3.34. The van der Waals surface area contributed by atoms with E-state index in [4.69, 9.17) is 0 Å². The quantitative estimate of drug-likeness (QED) is 0.372. The van der Waals surface area contributed by atoms with E-state index in [1.54, 1.807) is 48.5 Å². The molecule has 146 valence electrons. The van der Waals surface area contributed by atoms with Crippen LogP contribution in [0.4, 0.5) is 0 Å². The molecule has 0 radical (unpaired) electrons. The number of hydrogen-bond acceptors (Lipinski definition) is 4. The molecule has 5 nitrogen and oxygen atoms in total. The van der Waals surface area contributed by atoms with Crippen molar-refractivity contribution in [2.24, 2.45) is 0 Å². The molecule has 0 spiro atoms. The van der Waals surface area contributed by atoms with Crippen LogP contribution in [0.25, 0.3) is 0 Å². The van der Waals surface area contributed by atoms with Crippen molar-refractivity contribution in [3.63, 3.8) is 0 Å². The predicted octanol–water partition coefficient (Wildman–Crippen LogP) is 3.78. The Morgan fingerprint density at radius 2 is 1.38 bits per heavy atom. The van der Waals surface area contributed by atoms with Gasteiger partial charge in [-0.05, 0) is 25.1 Å². The molecule has 2 amide bonds. The van der Waals surface area contributed by atoms with Gasteiger partial charge in [0, 0.05) is 16.0 Å². The summed E-state index contributed by atoms with van der Waals surface area (Å²) in [6.45, 7) is 2.00. The second-order valence-corrected chi connectivity index (χ2v) is 7.39. The molecule has 6 heteroatoms. The summed E-state index contributed by atoms with van der Waals surface area (Å²) in [6.07, 6.45) is 0. The van der Waals surface area contributed by atoms with Crippen molar-refractivity contribution in [1.29, 1.82) is 0 Å². The lowest BCUT2D eigenvalue weighted by molar-refractivity contribution is -0.119. The van der Waals surface area contributed by atoms with E-state index < -0.39 is 5.91 Å². The molecule has 0 fully saturated rings. The Balaban J connectivity index is 1.60. The first-order chi connectivity index (χ1) is 14.0. The zero-order valence-electron chi connectivity index (χ0n) is 15.8. The summed E-state index contributed by atoms with van der Waals surface area (Å²) in [5.41, 5.74) is 6.90. The van der Waals surface area contributed by atoms with Crippen LogP contribution < -0.4 is 10.9 Å². The Kier molecular flexibility index (Phi) is 6.81. The standard InChI is InChI=1S/C23H20N2O3S/c1-16-11-13-18(14-12-16)29-15-21(26)24-25-23(28)20-10-6-5-9-19(20)22(27)17-7-3-2-4-8-17/h2-14H,15H2,1H3,(H,24,26)(H,25,28). The highest BCUT2D eigenvalue weighted by Crippen LogP contribution is 2.18. The van der Waals surface area contributed by atoms with Crippen LogP contribution in [0.3, 0.4) is 0 Å². The number of nitrogens with one attached hydrogen (secondary N) is 2. The maximum atomic E-state index is 12.7. The first-order valence-corrected chi connectivity index (χ1v) is 10.0. The highest BCUT2D eigenvalue weighted by Gasteiger charge is 2.18. The Labute approximate surface area is 173 Å². The molecule has 2 N–H and O–H groups in total. The molecule has 0 saturated heterocycles. The van der Waals surface area contributed by atoms with Crippen molar-refractivity contribution in [1.82, 2.24) is 10.9 Å². The number of thioether (sulfide) groups is 1. The average Bonchev–Trinajstić information content (AvgIpc) is 2.77. The lowest BCUT2D eigenvalue weighted by Gasteiger charge is -2.11. The van der Waals surface area contributed by atoms with E-state index in [2.05, 4.69) is 10.9 Å². The summed E-state index contributed by atoms with van der Waals surface area (Å²) >= 11 is 1.37. The maximum Gasteiger partial charge on any atom is 0.270 e. The largest absolute Gasteiger partial charge is 0.289 e. The lowest BCUT2D eigenvalue weighted by atomic mass is 9.98. The Bertz CT molecular complexity index is 1020. The number of hydrogen-bond donors (Lipinski definition) is 2. The molecule has 0 aliphatic carbocycles. The van der Waals surface area contributed by atoms with Crippen molar-refractivity contribution in [3.05, 3.63) is 101 Å². The van der Waals surface area contributed by atoms with Crippen LogP contribution in [0.15, 0.2) is 83.8 Å². The molecular weight excluding hydrogens is 384 g/mol. The van der Waals surface area contributed by atoms with Crippen LogP contribution in [0.2, 0.25) is 0 Å². The molecule has 0 unspecified atom stereocenters. The second-order valence-electron chi connectivity index (χ2n) is 6.34. The predicted molar refractivity (Wildman–Crippen MR) is 114 cm³/mol. The van der Waals surface area contributed by atoms with Crippen molar-refractivity contribution >= 4 is 29.4 Å². The number of ketones is 1. The van der Waals surface area contributed by atoms with Gasteiger partial charge in [-0.25, -0.2) is 0 Å². The number of carbonyl (C=O) groups is 3. The fraction of sp³-hybridized carbons (Fsp3) is 0.0870. The molecule has 3 aromatic rings. The SMILES string of the molecule is Cc1ccc(SCC(=O)NNC(=O)c2ccccc2C(=O)c2ccccc2)cc1. The van der Waals surface area contributed by atoms with Crippen LogP contribution >= 0.6 is 11.8 Å². The van der Waals surface area contributed by atoms with Gasteiger partial charge in [0.25, 0.3) is 5.91 Å². The molecule has 0 aliphatic heterocycles. The third-order valence-electron chi connectivity index (χ3n) is 4.16. The molecule has 0 saturated carbocycles. The summed E-state index contributed by atoms with van der Waals surface area (Å²) < 4.78 is 0. The Hall–Kier alpha value is -3.38. The zero-order chi connectivity index (χ0) is 20.6. The molecule has 3 aromatic carbocycles. The number of amides is 2. The number of carbonyl (C=O) groups excluding carboxylic acids is 3. The minimum atomic E-state index is -0.543. The van der Waals surface area contributed by atoms with Crippen LogP contribution in [-0.4, -0.2) is 23.4 Å². The zero-order valence-corrected chi connectivity index (χ0v) is 16.7. The minimum absolute atomic E-state index is 0.161. The van der Waals surface area contributed by atoms with E-state index in [-0.39, 0.29) is 28.6 Å². The second kappa shape index (κ2) is 9.71. The minimum Gasteiger partial charge on any atom is -0.289 e. The number of hydrazine groups is 1. The Morgan fingerprint density at radius 1 is 0.759 bits per heavy atom. The summed E-state index contributed by atoms with van der Waals surface area (Å²) in [7, 11) is 0. The Morgan fingerprint density at radius 3 is 2.07 bits per heavy atom. The monoisotopic (exact) mass is 404 g/mol.